The van der Waals surface area contributed by atoms with Gasteiger partial charge in [-0.05, 0) is 24.6 Å². The SMILES string of the molecule is C[C@H](O)c1cccc(OC2CCN(C)C2=O)c1. The quantitative estimate of drug-likeness (QED) is 0.860. The van der Waals surface area contributed by atoms with E-state index in [9.17, 15) is 9.90 Å². The van der Waals surface area contributed by atoms with E-state index >= 15 is 0 Å². The van der Waals surface area contributed by atoms with Crippen molar-refractivity contribution in [2.75, 3.05) is 13.6 Å². The van der Waals surface area contributed by atoms with Crippen LogP contribution in [0.4, 0.5) is 0 Å². The van der Waals surface area contributed by atoms with E-state index < -0.39 is 6.10 Å². The molecule has 2 atom stereocenters. The number of hydrogen-bond donors (Lipinski definition) is 1. The second kappa shape index (κ2) is 4.75. The Morgan fingerprint density at radius 1 is 1.53 bits per heavy atom. The first-order valence-corrected chi connectivity index (χ1v) is 5.77. The lowest BCUT2D eigenvalue weighted by molar-refractivity contribution is -0.132. The minimum atomic E-state index is -0.527. The van der Waals surface area contributed by atoms with E-state index in [1.807, 2.05) is 12.1 Å². The number of likely N-dealkylation sites (tertiary alicyclic amines) is 1. The number of aliphatic hydroxyl groups is 1. The fraction of sp³-hybridized carbons (Fsp3) is 0.462. The van der Waals surface area contributed by atoms with Gasteiger partial charge in [0.2, 0.25) is 0 Å². The summed E-state index contributed by atoms with van der Waals surface area (Å²) in [4.78, 5) is 13.3. The van der Waals surface area contributed by atoms with Crippen LogP contribution in [0.15, 0.2) is 24.3 Å². The summed E-state index contributed by atoms with van der Waals surface area (Å²) in [5, 5.41) is 9.47. The average Bonchev–Trinajstić information content (AvgIpc) is 2.61. The number of nitrogens with zero attached hydrogens (tertiary/aromatic N) is 1. The van der Waals surface area contributed by atoms with Gasteiger partial charge in [0, 0.05) is 20.0 Å². The van der Waals surface area contributed by atoms with E-state index in [0.717, 1.165) is 12.1 Å². The number of aliphatic hydroxyl groups excluding tert-OH is 1. The highest BCUT2D eigenvalue weighted by Gasteiger charge is 2.30. The van der Waals surface area contributed by atoms with Gasteiger partial charge in [-0.25, -0.2) is 0 Å². The molecule has 1 unspecified atom stereocenters. The monoisotopic (exact) mass is 235 g/mol. The molecular formula is C13H17NO3. The maximum atomic E-state index is 11.7. The first kappa shape index (κ1) is 11.9. The summed E-state index contributed by atoms with van der Waals surface area (Å²) in [6.45, 7) is 2.44. The van der Waals surface area contributed by atoms with Crippen molar-refractivity contribution in [3.63, 3.8) is 0 Å². The predicted molar refractivity (Wildman–Crippen MR) is 63.7 cm³/mol. The number of ether oxygens (including phenoxy) is 1. The third-order valence-corrected chi connectivity index (χ3v) is 3.00. The molecule has 4 nitrogen and oxygen atoms in total. The van der Waals surface area contributed by atoms with E-state index in [4.69, 9.17) is 4.74 Å². The lowest BCUT2D eigenvalue weighted by atomic mass is 10.1. The molecule has 17 heavy (non-hydrogen) atoms. The molecule has 0 spiro atoms. The molecule has 1 N–H and O–H groups in total. The molecule has 2 rings (SSSR count). The van der Waals surface area contributed by atoms with E-state index in [0.29, 0.717) is 12.2 Å². The summed E-state index contributed by atoms with van der Waals surface area (Å²) in [6.07, 6.45) is -0.196. The van der Waals surface area contributed by atoms with Crippen LogP contribution in [-0.2, 0) is 4.79 Å². The summed E-state index contributed by atoms with van der Waals surface area (Å²) < 4.78 is 5.65. The third-order valence-electron chi connectivity index (χ3n) is 3.00. The summed E-state index contributed by atoms with van der Waals surface area (Å²) >= 11 is 0. The molecule has 1 heterocycles. The zero-order valence-electron chi connectivity index (χ0n) is 10.1. The van der Waals surface area contributed by atoms with Gasteiger partial charge in [0.15, 0.2) is 6.10 Å². The lowest BCUT2D eigenvalue weighted by Gasteiger charge is -2.14. The highest BCUT2D eigenvalue weighted by Crippen LogP contribution is 2.22. The molecule has 0 bridgehead atoms. The molecule has 4 heteroatoms. The van der Waals surface area contributed by atoms with Crippen LogP contribution in [0.3, 0.4) is 0 Å². The van der Waals surface area contributed by atoms with Crippen LogP contribution < -0.4 is 4.74 Å². The molecule has 1 aliphatic rings. The first-order valence-electron chi connectivity index (χ1n) is 5.77. The molecule has 0 aliphatic carbocycles. The molecule has 1 fully saturated rings. The van der Waals surface area contributed by atoms with Gasteiger partial charge in [-0.2, -0.15) is 0 Å². The van der Waals surface area contributed by atoms with E-state index in [1.54, 1.807) is 31.0 Å². The molecule has 1 amide bonds. The fourth-order valence-electron chi connectivity index (χ4n) is 1.91. The molecule has 1 aliphatic heterocycles. The minimum Gasteiger partial charge on any atom is -0.481 e. The third kappa shape index (κ3) is 2.58. The van der Waals surface area contributed by atoms with Crippen molar-refractivity contribution in [2.24, 2.45) is 0 Å². The van der Waals surface area contributed by atoms with E-state index in [2.05, 4.69) is 0 Å². The Balaban J connectivity index is 2.09. The smallest absolute Gasteiger partial charge is 0.263 e. The van der Waals surface area contributed by atoms with Crippen molar-refractivity contribution in [1.29, 1.82) is 0 Å². The van der Waals surface area contributed by atoms with Crippen molar-refractivity contribution in [1.82, 2.24) is 4.90 Å². The van der Waals surface area contributed by atoms with Gasteiger partial charge in [0.05, 0.1) is 6.10 Å². The van der Waals surface area contributed by atoms with E-state index in [-0.39, 0.29) is 12.0 Å². The number of likely N-dealkylation sites (N-methyl/N-ethyl adjacent to an activating group) is 1. The van der Waals surface area contributed by atoms with Crippen molar-refractivity contribution in [3.05, 3.63) is 29.8 Å². The summed E-state index contributed by atoms with van der Waals surface area (Å²) in [7, 11) is 1.78. The molecule has 1 aromatic rings. The topological polar surface area (TPSA) is 49.8 Å². The number of rotatable bonds is 3. The first-order chi connectivity index (χ1) is 8.08. The van der Waals surface area contributed by atoms with Gasteiger partial charge in [-0.1, -0.05) is 12.1 Å². The Hall–Kier alpha value is -1.55. The predicted octanol–water partition coefficient (Wildman–Crippen LogP) is 1.35. The van der Waals surface area contributed by atoms with Crippen molar-refractivity contribution in [2.45, 2.75) is 25.6 Å². The molecule has 0 saturated carbocycles. The van der Waals surface area contributed by atoms with Gasteiger partial charge in [-0.15, -0.1) is 0 Å². The highest BCUT2D eigenvalue weighted by molar-refractivity contribution is 5.83. The number of carbonyl (C=O) groups excluding carboxylic acids is 1. The highest BCUT2D eigenvalue weighted by atomic mass is 16.5. The van der Waals surface area contributed by atoms with Crippen molar-refractivity contribution >= 4 is 5.91 Å². The summed E-state index contributed by atoms with van der Waals surface area (Å²) in [6, 6.07) is 7.23. The van der Waals surface area contributed by atoms with Gasteiger partial charge < -0.3 is 14.7 Å². The number of hydrogen-bond acceptors (Lipinski definition) is 3. The molecular weight excluding hydrogens is 218 g/mol. The Labute approximate surface area is 101 Å². The van der Waals surface area contributed by atoms with E-state index in [1.165, 1.54) is 0 Å². The zero-order chi connectivity index (χ0) is 12.4. The van der Waals surface area contributed by atoms with Crippen LogP contribution in [0.5, 0.6) is 5.75 Å². The molecule has 1 saturated heterocycles. The number of carbonyl (C=O) groups is 1. The Bertz CT molecular complexity index is 417. The van der Waals surface area contributed by atoms with Crippen molar-refractivity contribution < 1.29 is 14.6 Å². The largest absolute Gasteiger partial charge is 0.481 e. The zero-order valence-corrected chi connectivity index (χ0v) is 10.1. The Morgan fingerprint density at radius 3 is 2.88 bits per heavy atom. The molecule has 0 radical (unpaired) electrons. The standard InChI is InChI=1S/C13H17NO3/c1-9(15)10-4-3-5-11(8-10)17-12-6-7-14(2)13(12)16/h3-5,8-9,12,15H,6-7H2,1-2H3/t9-,12?/m0/s1. The lowest BCUT2D eigenvalue weighted by Crippen LogP contribution is -2.29. The maximum Gasteiger partial charge on any atom is 0.263 e. The fourth-order valence-corrected chi connectivity index (χ4v) is 1.91. The van der Waals surface area contributed by atoms with Crippen LogP contribution in [0, 0.1) is 0 Å². The van der Waals surface area contributed by atoms with Gasteiger partial charge in [-0.3, -0.25) is 4.79 Å². The average molecular weight is 235 g/mol. The second-order valence-corrected chi connectivity index (χ2v) is 4.40. The molecule has 1 aromatic carbocycles. The molecule has 0 aromatic heterocycles. The van der Waals surface area contributed by atoms with Crippen LogP contribution in [-0.4, -0.2) is 35.6 Å². The normalized spacial score (nSPS) is 21.7. The summed E-state index contributed by atoms with van der Waals surface area (Å²) in [5.41, 5.74) is 0.793. The Kier molecular flexibility index (Phi) is 3.33. The van der Waals surface area contributed by atoms with Crippen LogP contribution in [0.1, 0.15) is 25.0 Å². The number of benzene rings is 1. The van der Waals surface area contributed by atoms with Crippen molar-refractivity contribution in [3.8, 4) is 5.75 Å². The Morgan fingerprint density at radius 2 is 2.29 bits per heavy atom. The van der Waals surface area contributed by atoms with Crippen LogP contribution in [0.25, 0.3) is 0 Å². The van der Waals surface area contributed by atoms with Crippen LogP contribution >= 0.6 is 0 Å². The maximum absolute atomic E-state index is 11.7. The molecule has 92 valence electrons. The van der Waals surface area contributed by atoms with Crippen LogP contribution in [0.2, 0.25) is 0 Å². The van der Waals surface area contributed by atoms with Gasteiger partial charge in [0.25, 0.3) is 5.91 Å². The minimum absolute atomic E-state index is 0.0208. The van der Waals surface area contributed by atoms with Gasteiger partial charge in [0.1, 0.15) is 5.75 Å². The van der Waals surface area contributed by atoms with Gasteiger partial charge >= 0.3 is 0 Å². The second-order valence-electron chi connectivity index (χ2n) is 4.40. The number of amides is 1. The summed E-state index contributed by atoms with van der Waals surface area (Å²) in [5.74, 6) is 0.657.